The molecule has 0 radical (unpaired) electrons. The van der Waals surface area contributed by atoms with Gasteiger partial charge in [-0.25, -0.2) is 0 Å². The first-order valence-corrected chi connectivity index (χ1v) is 8.48. The van der Waals surface area contributed by atoms with Crippen LogP contribution in [0.15, 0.2) is 33.7 Å². The van der Waals surface area contributed by atoms with Gasteiger partial charge in [0.15, 0.2) is 5.96 Å². The minimum absolute atomic E-state index is 0. The Kier molecular flexibility index (Phi) is 10.5. The van der Waals surface area contributed by atoms with Gasteiger partial charge in [0.1, 0.15) is 0 Å². The fourth-order valence-corrected chi connectivity index (χ4v) is 2.39. The summed E-state index contributed by atoms with van der Waals surface area (Å²) < 4.78 is 1.02. The lowest BCUT2D eigenvalue weighted by molar-refractivity contribution is -0.130. The average Bonchev–Trinajstić information content (AvgIpc) is 2.47. The van der Waals surface area contributed by atoms with E-state index < -0.39 is 0 Å². The van der Waals surface area contributed by atoms with Crippen molar-refractivity contribution >= 4 is 51.8 Å². The molecule has 0 unspecified atom stereocenters. The van der Waals surface area contributed by atoms with Crippen LogP contribution >= 0.6 is 39.9 Å². The molecule has 0 aliphatic heterocycles. The highest BCUT2D eigenvalue weighted by atomic mass is 127. The van der Waals surface area contributed by atoms with Crippen LogP contribution in [0.2, 0.25) is 0 Å². The predicted octanol–water partition coefficient (Wildman–Crippen LogP) is 3.38. The molecule has 0 aromatic heterocycles. The highest BCUT2D eigenvalue weighted by molar-refractivity contribution is 14.0. The highest BCUT2D eigenvalue weighted by Crippen LogP contribution is 2.17. The Labute approximate surface area is 170 Å². The molecule has 0 spiro atoms. The van der Waals surface area contributed by atoms with Crippen LogP contribution in [0.3, 0.4) is 0 Å². The minimum Gasteiger partial charge on any atom is -0.356 e. The first kappa shape index (κ1) is 23.2. The molecule has 1 aromatic rings. The lowest BCUT2D eigenvalue weighted by Gasteiger charge is -2.24. The molecular formula is C17H28BrIN4O. The first-order chi connectivity index (χ1) is 10.7. The monoisotopic (exact) mass is 510 g/mol. The molecule has 1 amide bonds. The standard InChI is InChI=1S/C17H27BrN4O.HI/c1-17(2,3)21-16(19-4)20-11-10-15(23)22(5)12-13-8-6-7-9-14(13)18;/h6-9H,10-12H2,1-5H3,(H2,19,20,21);1H. The summed E-state index contributed by atoms with van der Waals surface area (Å²) in [5, 5.41) is 6.43. The van der Waals surface area contributed by atoms with Gasteiger partial charge < -0.3 is 15.5 Å². The summed E-state index contributed by atoms with van der Waals surface area (Å²) in [6, 6.07) is 7.94. The second kappa shape index (κ2) is 10.9. The summed E-state index contributed by atoms with van der Waals surface area (Å²) in [5.41, 5.74) is 1.03. The topological polar surface area (TPSA) is 56.7 Å². The Morgan fingerprint density at radius 2 is 1.92 bits per heavy atom. The summed E-state index contributed by atoms with van der Waals surface area (Å²) in [4.78, 5) is 18.1. The third-order valence-corrected chi connectivity index (χ3v) is 3.91. The quantitative estimate of drug-likeness (QED) is 0.362. The molecule has 1 aromatic carbocycles. The van der Waals surface area contributed by atoms with E-state index in [0.717, 1.165) is 10.0 Å². The lowest BCUT2D eigenvalue weighted by atomic mass is 10.1. The second-order valence-corrected chi connectivity index (χ2v) is 7.32. The molecule has 2 N–H and O–H groups in total. The van der Waals surface area contributed by atoms with Crippen LogP contribution in [-0.2, 0) is 11.3 Å². The molecule has 7 heteroatoms. The van der Waals surface area contributed by atoms with Crippen LogP contribution in [0.25, 0.3) is 0 Å². The van der Waals surface area contributed by atoms with Crippen molar-refractivity contribution in [2.24, 2.45) is 4.99 Å². The summed E-state index contributed by atoms with van der Waals surface area (Å²) >= 11 is 3.51. The molecule has 5 nitrogen and oxygen atoms in total. The molecule has 0 aliphatic rings. The molecule has 0 saturated heterocycles. The maximum atomic E-state index is 12.2. The number of nitrogens with one attached hydrogen (secondary N) is 2. The molecular weight excluding hydrogens is 483 g/mol. The lowest BCUT2D eigenvalue weighted by Crippen LogP contribution is -2.48. The van der Waals surface area contributed by atoms with Gasteiger partial charge in [0.2, 0.25) is 5.91 Å². The number of hydrogen-bond acceptors (Lipinski definition) is 2. The zero-order chi connectivity index (χ0) is 17.5. The van der Waals surface area contributed by atoms with Gasteiger partial charge in [-0.15, -0.1) is 24.0 Å². The van der Waals surface area contributed by atoms with Gasteiger partial charge >= 0.3 is 0 Å². The number of hydrogen-bond donors (Lipinski definition) is 2. The number of benzene rings is 1. The number of carbonyl (C=O) groups is 1. The average molecular weight is 511 g/mol. The molecule has 136 valence electrons. The van der Waals surface area contributed by atoms with Crippen molar-refractivity contribution < 1.29 is 4.79 Å². The molecule has 0 saturated carbocycles. The van der Waals surface area contributed by atoms with Crippen molar-refractivity contribution in [1.29, 1.82) is 0 Å². The van der Waals surface area contributed by atoms with Crippen LogP contribution in [0.5, 0.6) is 0 Å². The maximum Gasteiger partial charge on any atom is 0.224 e. The van der Waals surface area contributed by atoms with Gasteiger partial charge in [-0.2, -0.15) is 0 Å². The van der Waals surface area contributed by atoms with E-state index in [4.69, 9.17) is 0 Å². The van der Waals surface area contributed by atoms with E-state index >= 15 is 0 Å². The molecule has 1 rings (SSSR count). The summed E-state index contributed by atoms with van der Waals surface area (Å²) in [5.74, 6) is 0.804. The van der Waals surface area contributed by atoms with Gasteiger partial charge in [-0.1, -0.05) is 34.1 Å². The zero-order valence-electron chi connectivity index (χ0n) is 15.0. The number of halogens is 2. The smallest absolute Gasteiger partial charge is 0.224 e. The van der Waals surface area contributed by atoms with E-state index in [9.17, 15) is 4.79 Å². The highest BCUT2D eigenvalue weighted by Gasteiger charge is 2.13. The third-order valence-electron chi connectivity index (χ3n) is 3.14. The van der Waals surface area contributed by atoms with E-state index in [-0.39, 0.29) is 35.4 Å². The van der Waals surface area contributed by atoms with Crippen LogP contribution in [0.1, 0.15) is 32.8 Å². The zero-order valence-corrected chi connectivity index (χ0v) is 18.9. The number of amides is 1. The largest absolute Gasteiger partial charge is 0.356 e. The normalized spacial score (nSPS) is 11.5. The van der Waals surface area contributed by atoms with Crippen molar-refractivity contribution in [2.45, 2.75) is 39.3 Å². The Hall–Kier alpha value is -0.830. The minimum atomic E-state index is -0.0672. The number of carbonyl (C=O) groups excluding carboxylic acids is 1. The summed E-state index contributed by atoms with van der Waals surface area (Å²) in [6.45, 7) is 7.34. The molecule has 0 fully saturated rings. The Morgan fingerprint density at radius 3 is 2.46 bits per heavy atom. The van der Waals surface area contributed by atoms with Gasteiger partial charge in [0, 0.05) is 43.6 Å². The second-order valence-electron chi connectivity index (χ2n) is 6.47. The van der Waals surface area contributed by atoms with Gasteiger partial charge in [-0.3, -0.25) is 9.79 Å². The van der Waals surface area contributed by atoms with Crippen molar-refractivity contribution in [3.05, 3.63) is 34.3 Å². The van der Waals surface area contributed by atoms with E-state index in [1.807, 2.05) is 31.3 Å². The Balaban J connectivity index is 0.00000529. The molecule has 0 heterocycles. The molecule has 0 aliphatic carbocycles. The van der Waals surface area contributed by atoms with Gasteiger partial charge in [0.05, 0.1) is 0 Å². The van der Waals surface area contributed by atoms with E-state index in [2.05, 4.69) is 52.3 Å². The molecule has 0 bridgehead atoms. The van der Waals surface area contributed by atoms with Crippen molar-refractivity contribution in [2.75, 3.05) is 20.6 Å². The Morgan fingerprint density at radius 1 is 1.29 bits per heavy atom. The molecule has 0 atom stereocenters. The summed E-state index contributed by atoms with van der Waals surface area (Å²) in [6.07, 6.45) is 0.422. The van der Waals surface area contributed by atoms with Crippen molar-refractivity contribution in [3.63, 3.8) is 0 Å². The van der Waals surface area contributed by atoms with E-state index in [1.54, 1.807) is 11.9 Å². The SMILES string of the molecule is CN=C(NCCC(=O)N(C)Cc1ccccc1Br)NC(C)(C)C.I. The number of aliphatic imine (C=N–C) groups is 1. The van der Waals surface area contributed by atoms with Crippen LogP contribution < -0.4 is 10.6 Å². The van der Waals surface area contributed by atoms with Crippen LogP contribution in [0.4, 0.5) is 0 Å². The van der Waals surface area contributed by atoms with E-state index in [1.165, 1.54) is 0 Å². The van der Waals surface area contributed by atoms with Crippen molar-refractivity contribution in [3.8, 4) is 0 Å². The third kappa shape index (κ3) is 8.86. The maximum absolute atomic E-state index is 12.2. The number of guanidine groups is 1. The predicted molar refractivity (Wildman–Crippen MR) is 115 cm³/mol. The van der Waals surface area contributed by atoms with Crippen molar-refractivity contribution in [1.82, 2.24) is 15.5 Å². The Bertz CT molecular complexity index is 558. The van der Waals surface area contributed by atoms with Crippen LogP contribution in [-0.4, -0.2) is 42.9 Å². The van der Waals surface area contributed by atoms with Gasteiger partial charge in [0.25, 0.3) is 0 Å². The number of rotatable bonds is 5. The van der Waals surface area contributed by atoms with E-state index in [0.29, 0.717) is 25.5 Å². The fraction of sp³-hybridized carbons (Fsp3) is 0.529. The first-order valence-electron chi connectivity index (χ1n) is 7.69. The fourth-order valence-electron chi connectivity index (χ4n) is 1.98. The van der Waals surface area contributed by atoms with Crippen LogP contribution in [0, 0.1) is 0 Å². The van der Waals surface area contributed by atoms with Gasteiger partial charge in [-0.05, 0) is 32.4 Å². The summed E-state index contributed by atoms with van der Waals surface area (Å²) in [7, 11) is 3.55. The molecule has 24 heavy (non-hydrogen) atoms. The number of nitrogens with zero attached hydrogens (tertiary/aromatic N) is 2.